The van der Waals surface area contributed by atoms with Crippen molar-refractivity contribution in [3.8, 4) is 17.4 Å². The Morgan fingerprint density at radius 3 is 2.52 bits per heavy atom. The number of carbonyl (C=O) groups excluding carboxylic acids is 1. The lowest BCUT2D eigenvalue weighted by atomic mass is 10.2. The molecule has 1 aromatic carbocycles. The Hall–Kier alpha value is -2.45. The van der Waals surface area contributed by atoms with Gasteiger partial charge in [-0.15, -0.1) is 0 Å². The molecule has 8 nitrogen and oxygen atoms in total. The summed E-state index contributed by atoms with van der Waals surface area (Å²) in [4.78, 5) is 23.1. The molecule has 1 aromatic heterocycles. The molecule has 1 amide bonds. The molecule has 0 radical (unpaired) electrons. The molecule has 0 aliphatic carbocycles. The van der Waals surface area contributed by atoms with E-state index in [0.717, 1.165) is 0 Å². The van der Waals surface area contributed by atoms with Crippen LogP contribution in [0.5, 0.6) is 17.4 Å². The van der Waals surface area contributed by atoms with Crippen molar-refractivity contribution >= 4 is 35.1 Å². The van der Waals surface area contributed by atoms with Crippen LogP contribution in [0.25, 0.3) is 0 Å². The second kappa shape index (κ2) is 8.49. The summed E-state index contributed by atoms with van der Waals surface area (Å²) >= 11 is 12.3. The van der Waals surface area contributed by atoms with Gasteiger partial charge in [0.05, 0.1) is 10.0 Å². The van der Waals surface area contributed by atoms with Crippen LogP contribution < -0.4 is 14.8 Å². The van der Waals surface area contributed by atoms with Crippen LogP contribution in [0.1, 0.15) is 29.9 Å². The molecule has 27 heavy (non-hydrogen) atoms. The number of carboxylic acid groups (broad SMARTS) is 1. The first kappa shape index (κ1) is 20.9. The quantitative estimate of drug-likeness (QED) is 0.717. The molecule has 2 rings (SSSR count). The third-order valence-corrected chi connectivity index (χ3v) is 4.21. The highest BCUT2D eigenvalue weighted by Crippen LogP contribution is 2.39. The molecule has 2 aromatic rings. The normalized spacial score (nSPS) is 11.8. The number of carbonyl (C=O) groups is 2. The fourth-order valence-corrected chi connectivity index (χ4v) is 2.71. The van der Waals surface area contributed by atoms with Gasteiger partial charge in [-0.25, -0.2) is 9.48 Å². The van der Waals surface area contributed by atoms with Crippen molar-refractivity contribution in [1.29, 1.82) is 0 Å². The number of hydrogen-bond acceptors (Lipinski definition) is 5. The molecule has 0 aliphatic heterocycles. The molecule has 0 bridgehead atoms. The molecule has 2 N–H and O–H groups in total. The predicted octanol–water partition coefficient (Wildman–Crippen LogP) is 3.43. The highest BCUT2D eigenvalue weighted by molar-refractivity contribution is 6.36. The average Bonchev–Trinajstić information content (AvgIpc) is 2.87. The van der Waals surface area contributed by atoms with Gasteiger partial charge in [0.25, 0.3) is 5.91 Å². The number of carboxylic acids is 1. The molecular formula is C17H19Cl2N3O5. The summed E-state index contributed by atoms with van der Waals surface area (Å²) in [7, 11) is 1.62. The first-order chi connectivity index (χ1) is 12.6. The van der Waals surface area contributed by atoms with Crippen molar-refractivity contribution in [1.82, 2.24) is 15.1 Å². The Bertz CT molecular complexity index is 882. The monoisotopic (exact) mass is 415 g/mol. The number of benzene rings is 1. The van der Waals surface area contributed by atoms with E-state index >= 15 is 0 Å². The molecule has 0 unspecified atom stereocenters. The van der Waals surface area contributed by atoms with Crippen LogP contribution in [0.4, 0.5) is 0 Å². The number of rotatable bonds is 7. The number of aliphatic carboxylic acids is 1. The van der Waals surface area contributed by atoms with Gasteiger partial charge in [-0.3, -0.25) is 4.79 Å². The Morgan fingerprint density at radius 1 is 1.30 bits per heavy atom. The maximum Gasteiger partial charge on any atom is 0.344 e. The van der Waals surface area contributed by atoms with Crippen LogP contribution in [-0.4, -0.2) is 39.4 Å². The van der Waals surface area contributed by atoms with Crippen LogP contribution >= 0.6 is 23.2 Å². The second-order valence-electron chi connectivity index (χ2n) is 5.68. The van der Waals surface area contributed by atoms with Gasteiger partial charge in [0.15, 0.2) is 17.5 Å². The third kappa shape index (κ3) is 4.64. The van der Waals surface area contributed by atoms with Crippen LogP contribution in [-0.2, 0) is 11.8 Å². The zero-order valence-corrected chi connectivity index (χ0v) is 16.7. The van der Waals surface area contributed by atoms with Crippen molar-refractivity contribution in [3.63, 3.8) is 0 Å². The Labute approximate surface area is 166 Å². The van der Waals surface area contributed by atoms with E-state index in [-0.39, 0.29) is 33.1 Å². The van der Waals surface area contributed by atoms with Gasteiger partial charge in [-0.2, -0.15) is 5.10 Å². The van der Waals surface area contributed by atoms with E-state index in [0.29, 0.717) is 18.0 Å². The van der Waals surface area contributed by atoms with Crippen LogP contribution in [0, 0.1) is 6.92 Å². The molecule has 1 heterocycles. The van der Waals surface area contributed by atoms with E-state index in [1.807, 2.05) is 0 Å². The van der Waals surface area contributed by atoms with Crippen molar-refractivity contribution in [2.75, 3.05) is 6.54 Å². The van der Waals surface area contributed by atoms with Crippen molar-refractivity contribution in [2.45, 2.75) is 26.9 Å². The maximum absolute atomic E-state index is 12.1. The third-order valence-electron chi connectivity index (χ3n) is 3.62. The van der Waals surface area contributed by atoms with E-state index in [2.05, 4.69) is 10.4 Å². The first-order valence-electron chi connectivity index (χ1n) is 8.03. The number of nitrogens with zero attached hydrogens (tertiary/aromatic N) is 2. The Kier molecular flexibility index (Phi) is 6.56. The summed E-state index contributed by atoms with van der Waals surface area (Å²) in [6, 6.07) is 2.78. The second-order valence-corrected chi connectivity index (χ2v) is 6.49. The minimum absolute atomic E-state index is 0.106. The van der Waals surface area contributed by atoms with E-state index < -0.39 is 12.1 Å². The average molecular weight is 416 g/mol. The largest absolute Gasteiger partial charge is 0.479 e. The summed E-state index contributed by atoms with van der Waals surface area (Å²) in [5.41, 5.74) is 0.756. The molecule has 0 saturated heterocycles. The molecule has 146 valence electrons. The van der Waals surface area contributed by atoms with Crippen LogP contribution in [0.3, 0.4) is 0 Å². The van der Waals surface area contributed by atoms with Gasteiger partial charge in [0, 0.05) is 25.2 Å². The van der Waals surface area contributed by atoms with Gasteiger partial charge in [-0.05, 0) is 26.8 Å². The summed E-state index contributed by atoms with van der Waals surface area (Å²) in [5, 5.41) is 16.2. The number of aromatic nitrogens is 2. The molecular weight excluding hydrogens is 397 g/mol. The first-order valence-corrected chi connectivity index (χ1v) is 8.79. The molecule has 0 spiro atoms. The Balaban J connectivity index is 2.37. The standard InChI is InChI=1S/C17H19Cl2N3O5/c1-5-20-15(23)14-8(2)16(22(4)21-14)27-13-7-12(10(18)6-11(13)19)26-9(3)17(24)25/h6-7,9H,5H2,1-4H3,(H,20,23)(H,24,25)/t9-/m0/s1. The lowest BCUT2D eigenvalue weighted by Gasteiger charge is -2.15. The summed E-state index contributed by atoms with van der Waals surface area (Å²) in [6.07, 6.45) is -1.11. The van der Waals surface area contributed by atoms with Crippen molar-refractivity contribution < 1.29 is 24.2 Å². The molecule has 0 aliphatic rings. The summed E-state index contributed by atoms with van der Waals surface area (Å²) in [6.45, 7) is 5.34. The number of nitrogens with one attached hydrogen (secondary N) is 1. The zero-order chi connectivity index (χ0) is 20.3. The smallest absolute Gasteiger partial charge is 0.344 e. The number of ether oxygens (including phenoxy) is 2. The molecule has 0 fully saturated rings. The fourth-order valence-electron chi connectivity index (χ4n) is 2.24. The number of hydrogen-bond donors (Lipinski definition) is 2. The van der Waals surface area contributed by atoms with E-state index in [1.54, 1.807) is 20.9 Å². The number of amides is 1. The summed E-state index contributed by atoms with van der Waals surface area (Å²) < 4.78 is 12.5. The van der Waals surface area contributed by atoms with Crippen LogP contribution in [0.15, 0.2) is 12.1 Å². The lowest BCUT2D eigenvalue weighted by molar-refractivity contribution is -0.144. The van der Waals surface area contributed by atoms with Gasteiger partial charge in [0.1, 0.15) is 5.75 Å². The van der Waals surface area contributed by atoms with Gasteiger partial charge in [-0.1, -0.05) is 23.2 Å². The molecule has 1 atom stereocenters. The van der Waals surface area contributed by atoms with E-state index in [1.165, 1.54) is 23.7 Å². The minimum Gasteiger partial charge on any atom is -0.479 e. The van der Waals surface area contributed by atoms with Crippen LogP contribution in [0.2, 0.25) is 10.0 Å². The number of halogens is 2. The van der Waals surface area contributed by atoms with Gasteiger partial charge >= 0.3 is 5.97 Å². The SMILES string of the molecule is CCNC(=O)c1nn(C)c(Oc2cc(O[C@@H](C)C(=O)O)c(Cl)cc2Cl)c1C. The molecule has 0 saturated carbocycles. The topological polar surface area (TPSA) is 103 Å². The van der Waals surface area contributed by atoms with Crippen molar-refractivity contribution in [3.05, 3.63) is 33.4 Å². The van der Waals surface area contributed by atoms with E-state index in [9.17, 15) is 9.59 Å². The summed E-state index contributed by atoms with van der Waals surface area (Å²) in [5.74, 6) is -0.867. The zero-order valence-electron chi connectivity index (χ0n) is 15.2. The predicted molar refractivity (Wildman–Crippen MR) is 100 cm³/mol. The van der Waals surface area contributed by atoms with Gasteiger partial charge < -0.3 is 19.9 Å². The Morgan fingerprint density at radius 2 is 1.93 bits per heavy atom. The highest BCUT2D eigenvalue weighted by Gasteiger charge is 2.22. The maximum atomic E-state index is 12.1. The lowest BCUT2D eigenvalue weighted by Crippen LogP contribution is -2.23. The van der Waals surface area contributed by atoms with Gasteiger partial charge in [0.2, 0.25) is 5.88 Å². The highest BCUT2D eigenvalue weighted by atomic mass is 35.5. The minimum atomic E-state index is -1.14. The number of aryl methyl sites for hydroxylation is 1. The van der Waals surface area contributed by atoms with Crippen molar-refractivity contribution in [2.24, 2.45) is 7.05 Å². The fraction of sp³-hybridized carbons (Fsp3) is 0.353. The molecule has 10 heteroatoms. The van der Waals surface area contributed by atoms with E-state index in [4.69, 9.17) is 37.8 Å².